The van der Waals surface area contributed by atoms with Crippen LogP contribution in [0.4, 0.5) is 0 Å². The lowest BCUT2D eigenvalue weighted by Gasteiger charge is -2.17. The van der Waals surface area contributed by atoms with E-state index in [1.54, 1.807) is 18.2 Å². The lowest BCUT2D eigenvalue weighted by Crippen LogP contribution is -2.24. The maximum atomic E-state index is 11.5. The van der Waals surface area contributed by atoms with Gasteiger partial charge in [-0.3, -0.25) is 0 Å². The fourth-order valence-corrected chi connectivity index (χ4v) is 2.75. The van der Waals surface area contributed by atoms with Gasteiger partial charge in [0.15, 0.2) is 14.5 Å². The monoisotopic (exact) mass is 262 g/mol. The van der Waals surface area contributed by atoms with Crippen LogP contribution in [0.2, 0.25) is 0 Å². The fourth-order valence-electron chi connectivity index (χ4n) is 1.36. The number of rotatable bonds is 4. The van der Waals surface area contributed by atoms with Gasteiger partial charge in [0.25, 0.3) is 0 Å². The van der Waals surface area contributed by atoms with E-state index in [0.29, 0.717) is 5.56 Å². The van der Waals surface area contributed by atoms with Crippen molar-refractivity contribution < 1.29 is 13.5 Å². The van der Waals surface area contributed by atoms with Crippen molar-refractivity contribution >= 4 is 21.4 Å². The second-order valence-corrected chi connectivity index (χ2v) is 6.80. The Hall–Kier alpha value is -0.580. The Morgan fingerprint density at radius 1 is 1.44 bits per heavy atom. The van der Waals surface area contributed by atoms with Gasteiger partial charge < -0.3 is 5.11 Å². The van der Waals surface area contributed by atoms with Gasteiger partial charge >= 0.3 is 0 Å². The third-order valence-electron chi connectivity index (χ3n) is 2.38. The second-order valence-electron chi connectivity index (χ2n) is 3.66. The molecule has 0 saturated heterocycles. The average molecular weight is 263 g/mol. The van der Waals surface area contributed by atoms with Gasteiger partial charge in [0.05, 0.1) is 0 Å². The second kappa shape index (κ2) is 5.17. The molecule has 0 amide bonds. The number of aliphatic hydroxyl groups is 1. The van der Waals surface area contributed by atoms with Crippen molar-refractivity contribution in [1.82, 2.24) is 0 Å². The van der Waals surface area contributed by atoms with Gasteiger partial charge in [0, 0.05) is 5.75 Å². The number of alkyl halides is 1. The molecule has 0 spiro atoms. The Bertz CT molecular complexity index is 456. The van der Waals surface area contributed by atoms with Crippen LogP contribution < -0.4 is 0 Å². The van der Waals surface area contributed by atoms with E-state index < -0.39 is 20.7 Å². The maximum Gasteiger partial charge on any atom is 0.169 e. The van der Waals surface area contributed by atoms with Crippen LogP contribution >= 0.6 is 11.6 Å². The van der Waals surface area contributed by atoms with E-state index in [4.69, 9.17) is 11.6 Å². The summed E-state index contributed by atoms with van der Waals surface area (Å²) in [6, 6.07) is 7.02. The van der Waals surface area contributed by atoms with Crippen LogP contribution in [0.25, 0.3) is 0 Å². The summed E-state index contributed by atoms with van der Waals surface area (Å²) in [6.45, 7) is 3.38. The summed E-state index contributed by atoms with van der Waals surface area (Å²) in [4.78, 5) is 0. The van der Waals surface area contributed by atoms with Crippen molar-refractivity contribution in [2.45, 2.75) is 24.7 Å². The van der Waals surface area contributed by atoms with Gasteiger partial charge in [0.1, 0.15) is 6.10 Å². The molecule has 0 aliphatic heterocycles. The van der Waals surface area contributed by atoms with E-state index in [1.165, 1.54) is 6.92 Å². The van der Waals surface area contributed by atoms with Crippen LogP contribution in [0.3, 0.4) is 0 Å². The minimum Gasteiger partial charge on any atom is -0.386 e. The highest BCUT2D eigenvalue weighted by Gasteiger charge is 2.29. The highest BCUT2D eigenvalue weighted by molar-refractivity contribution is 7.93. The number of aryl methyl sites for hydroxylation is 1. The Morgan fingerprint density at radius 3 is 2.56 bits per heavy atom. The van der Waals surface area contributed by atoms with E-state index in [1.807, 2.05) is 13.0 Å². The summed E-state index contributed by atoms with van der Waals surface area (Å²) in [5, 5.41) is 9.87. The molecule has 0 radical (unpaired) electrons. The summed E-state index contributed by atoms with van der Waals surface area (Å²) >= 11 is 5.77. The normalized spacial score (nSPS) is 15.8. The number of hydrogen-bond donors (Lipinski definition) is 1. The van der Waals surface area contributed by atoms with Crippen molar-refractivity contribution in [3.63, 3.8) is 0 Å². The Balaban J connectivity index is 2.99. The van der Waals surface area contributed by atoms with Crippen molar-refractivity contribution in [3.8, 4) is 0 Å². The summed E-state index contributed by atoms with van der Waals surface area (Å²) in [5.41, 5.74) is 1.48. The zero-order chi connectivity index (χ0) is 12.3. The van der Waals surface area contributed by atoms with Crippen molar-refractivity contribution in [3.05, 3.63) is 35.4 Å². The van der Waals surface area contributed by atoms with Crippen LogP contribution in [0.1, 0.15) is 24.2 Å². The molecule has 1 rings (SSSR count). The molecule has 1 aromatic rings. The minimum absolute atomic E-state index is 0.0793. The van der Waals surface area contributed by atoms with Crippen molar-refractivity contribution in [1.29, 1.82) is 0 Å². The highest BCUT2D eigenvalue weighted by Crippen LogP contribution is 2.26. The molecular weight excluding hydrogens is 248 g/mol. The molecule has 16 heavy (non-hydrogen) atoms. The first-order chi connectivity index (χ1) is 7.38. The van der Waals surface area contributed by atoms with Gasteiger partial charge in [-0.2, -0.15) is 0 Å². The predicted molar refractivity (Wildman–Crippen MR) is 65.2 cm³/mol. The molecule has 90 valence electrons. The quantitative estimate of drug-likeness (QED) is 0.845. The lowest BCUT2D eigenvalue weighted by molar-refractivity contribution is 0.191. The molecule has 0 aliphatic rings. The molecule has 0 heterocycles. The molecule has 3 nitrogen and oxygen atoms in total. The molecular formula is C11H15ClO3S. The van der Waals surface area contributed by atoms with Gasteiger partial charge in [-0.15, -0.1) is 11.6 Å². The van der Waals surface area contributed by atoms with Crippen LogP contribution in [0.5, 0.6) is 0 Å². The first kappa shape index (κ1) is 13.5. The summed E-state index contributed by atoms with van der Waals surface area (Å²) in [7, 11) is -3.44. The van der Waals surface area contributed by atoms with Crippen LogP contribution in [0.15, 0.2) is 24.3 Å². The smallest absolute Gasteiger partial charge is 0.169 e. The minimum atomic E-state index is -3.44. The number of halogens is 1. The zero-order valence-electron chi connectivity index (χ0n) is 9.22. The Labute approximate surface area is 101 Å². The van der Waals surface area contributed by atoms with Crippen molar-refractivity contribution in [2.75, 3.05) is 5.75 Å². The molecule has 2 atom stereocenters. The molecule has 0 saturated carbocycles. The van der Waals surface area contributed by atoms with Crippen LogP contribution in [-0.2, 0) is 9.84 Å². The third kappa shape index (κ3) is 2.97. The molecule has 0 bridgehead atoms. The van der Waals surface area contributed by atoms with Gasteiger partial charge in [-0.25, -0.2) is 8.42 Å². The highest BCUT2D eigenvalue weighted by atomic mass is 35.5. The largest absolute Gasteiger partial charge is 0.386 e. The van der Waals surface area contributed by atoms with E-state index in [-0.39, 0.29) is 5.75 Å². The van der Waals surface area contributed by atoms with E-state index in [0.717, 1.165) is 5.56 Å². The SMILES string of the molecule is CCS(=O)(=O)[C@H](Cl)[C@H](O)c1cccc(C)c1. The number of sulfone groups is 1. The molecule has 0 fully saturated rings. The number of aliphatic hydroxyl groups excluding tert-OH is 1. The predicted octanol–water partition coefficient (Wildman–Crippen LogP) is 2.03. The molecule has 1 aromatic carbocycles. The van der Waals surface area contributed by atoms with Gasteiger partial charge in [-0.1, -0.05) is 36.8 Å². The maximum absolute atomic E-state index is 11.5. The van der Waals surface area contributed by atoms with Gasteiger partial charge in [-0.05, 0) is 12.5 Å². The first-order valence-corrected chi connectivity index (χ1v) is 7.14. The standard InChI is InChI=1S/C11H15ClO3S/c1-3-16(14,15)11(12)10(13)9-6-4-5-8(2)7-9/h4-7,10-11,13H,3H2,1-2H3/t10-,11+/m1/s1. The van der Waals surface area contributed by atoms with Gasteiger partial charge in [0.2, 0.25) is 0 Å². The molecule has 0 unspecified atom stereocenters. The summed E-state index contributed by atoms with van der Waals surface area (Å²) in [5.74, 6) is -0.0793. The van der Waals surface area contributed by atoms with E-state index in [2.05, 4.69) is 0 Å². The molecule has 0 aliphatic carbocycles. The first-order valence-electron chi connectivity index (χ1n) is 4.98. The summed E-state index contributed by atoms with van der Waals surface area (Å²) in [6.07, 6.45) is -1.19. The van der Waals surface area contributed by atoms with E-state index >= 15 is 0 Å². The zero-order valence-corrected chi connectivity index (χ0v) is 10.8. The Morgan fingerprint density at radius 2 is 2.06 bits per heavy atom. The molecule has 5 heteroatoms. The molecule has 1 N–H and O–H groups in total. The third-order valence-corrected chi connectivity index (χ3v) is 5.18. The number of benzene rings is 1. The number of hydrogen-bond acceptors (Lipinski definition) is 3. The van der Waals surface area contributed by atoms with Crippen molar-refractivity contribution in [2.24, 2.45) is 0 Å². The molecule has 0 aromatic heterocycles. The average Bonchev–Trinajstić information content (AvgIpc) is 2.27. The Kier molecular flexibility index (Phi) is 4.35. The summed E-state index contributed by atoms with van der Waals surface area (Å²) < 4.78 is 21.7. The lowest BCUT2D eigenvalue weighted by atomic mass is 10.1. The topological polar surface area (TPSA) is 54.4 Å². The van der Waals surface area contributed by atoms with Crippen LogP contribution in [0, 0.1) is 6.92 Å². The fraction of sp³-hybridized carbons (Fsp3) is 0.455. The van der Waals surface area contributed by atoms with Crippen LogP contribution in [-0.4, -0.2) is 24.0 Å². The van der Waals surface area contributed by atoms with E-state index in [9.17, 15) is 13.5 Å².